The highest BCUT2D eigenvalue weighted by Gasteiger charge is 2.45. The van der Waals surface area contributed by atoms with Gasteiger partial charge in [-0.15, -0.1) is 0 Å². The molecule has 0 spiro atoms. The Bertz CT molecular complexity index is 510. The van der Waals surface area contributed by atoms with Crippen molar-refractivity contribution in [2.24, 2.45) is 5.92 Å². The highest BCUT2D eigenvalue weighted by molar-refractivity contribution is 5.34. The molecule has 2 saturated heterocycles. The minimum Gasteiger partial charge on any atom is -0.394 e. The first kappa shape index (κ1) is 13.5. The van der Waals surface area contributed by atoms with Crippen LogP contribution in [0.3, 0.4) is 0 Å². The van der Waals surface area contributed by atoms with Crippen LogP contribution in [0, 0.1) is 16.0 Å². The van der Waals surface area contributed by atoms with E-state index in [4.69, 9.17) is 0 Å². The zero-order valence-electron chi connectivity index (χ0n) is 11.5. The Kier molecular flexibility index (Phi) is 3.48. The van der Waals surface area contributed by atoms with Crippen LogP contribution in [0.2, 0.25) is 0 Å². The smallest absolute Gasteiger partial charge is 0.269 e. The van der Waals surface area contributed by atoms with Crippen molar-refractivity contribution < 1.29 is 10.0 Å². The van der Waals surface area contributed by atoms with Crippen molar-refractivity contribution in [3.8, 4) is 0 Å². The second-order valence-electron chi connectivity index (χ2n) is 6.13. The van der Waals surface area contributed by atoms with Crippen LogP contribution in [0.25, 0.3) is 0 Å². The summed E-state index contributed by atoms with van der Waals surface area (Å²) in [6.45, 7) is 1.89. The fourth-order valence-electron chi connectivity index (χ4n) is 3.70. The number of benzene rings is 1. The molecule has 1 N–H and O–H groups in total. The van der Waals surface area contributed by atoms with E-state index in [1.807, 2.05) is 6.07 Å². The molecule has 2 heterocycles. The Hall–Kier alpha value is -1.46. The van der Waals surface area contributed by atoms with Gasteiger partial charge in [-0.05, 0) is 37.2 Å². The zero-order valence-corrected chi connectivity index (χ0v) is 11.5. The number of rotatable bonds is 4. The van der Waals surface area contributed by atoms with Gasteiger partial charge in [-0.2, -0.15) is 0 Å². The predicted octanol–water partition coefficient (Wildman–Crippen LogP) is 2.33. The van der Waals surface area contributed by atoms with Crippen LogP contribution < -0.4 is 0 Å². The summed E-state index contributed by atoms with van der Waals surface area (Å²) in [5.41, 5.74) is 1.00. The van der Waals surface area contributed by atoms with Gasteiger partial charge in [-0.1, -0.05) is 12.1 Å². The average molecular weight is 276 g/mol. The largest absolute Gasteiger partial charge is 0.394 e. The Morgan fingerprint density at radius 2 is 2.15 bits per heavy atom. The van der Waals surface area contributed by atoms with Crippen molar-refractivity contribution in [3.63, 3.8) is 0 Å². The molecule has 5 nitrogen and oxygen atoms in total. The molecule has 4 rings (SSSR count). The number of nitrogens with zero attached hydrogens (tertiary/aromatic N) is 2. The molecule has 0 unspecified atom stereocenters. The van der Waals surface area contributed by atoms with E-state index in [0.717, 1.165) is 30.9 Å². The van der Waals surface area contributed by atoms with Crippen molar-refractivity contribution >= 4 is 5.69 Å². The minimum atomic E-state index is -0.354. The van der Waals surface area contributed by atoms with Crippen LogP contribution in [0.4, 0.5) is 5.69 Å². The third kappa shape index (κ3) is 2.31. The standard InChI is InChI=1S/C15H20N2O3/c18-11-15-6-4-12(5-7-15)9-16(15)10-13-2-1-3-14(8-13)17(19)20/h1-3,8,12,18H,4-7,9-11H2. The molecule has 20 heavy (non-hydrogen) atoms. The molecule has 2 bridgehead atoms. The summed E-state index contributed by atoms with van der Waals surface area (Å²) in [4.78, 5) is 12.8. The maximum absolute atomic E-state index is 10.8. The minimum absolute atomic E-state index is 0.0978. The number of nitro groups is 1. The van der Waals surface area contributed by atoms with Gasteiger partial charge in [0.2, 0.25) is 0 Å². The lowest BCUT2D eigenvalue weighted by Crippen LogP contribution is -2.59. The molecule has 3 fully saturated rings. The number of piperidine rings is 2. The summed E-state index contributed by atoms with van der Waals surface area (Å²) in [5, 5.41) is 20.7. The first-order valence-electron chi connectivity index (χ1n) is 7.22. The number of hydrogen-bond acceptors (Lipinski definition) is 4. The summed E-state index contributed by atoms with van der Waals surface area (Å²) in [6, 6.07) is 6.84. The highest BCUT2D eigenvalue weighted by atomic mass is 16.6. The molecule has 1 aromatic rings. The molecule has 0 aromatic heterocycles. The Balaban J connectivity index is 1.80. The molecule has 0 amide bonds. The first-order valence-corrected chi connectivity index (χ1v) is 7.22. The highest BCUT2D eigenvalue weighted by Crippen LogP contribution is 2.43. The summed E-state index contributed by atoms with van der Waals surface area (Å²) >= 11 is 0. The van der Waals surface area contributed by atoms with E-state index < -0.39 is 0 Å². The Morgan fingerprint density at radius 3 is 2.80 bits per heavy atom. The molecule has 3 aliphatic rings. The van der Waals surface area contributed by atoms with Crippen molar-refractivity contribution in [2.45, 2.75) is 37.8 Å². The molecule has 0 radical (unpaired) electrons. The van der Waals surface area contributed by atoms with Gasteiger partial charge in [-0.3, -0.25) is 15.0 Å². The van der Waals surface area contributed by atoms with E-state index in [9.17, 15) is 15.2 Å². The summed E-state index contributed by atoms with van der Waals surface area (Å²) in [6.07, 6.45) is 4.49. The monoisotopic (exact) mass is 276 g/mol. The molecule has 2 aliphatic heterocycles. The summed E-state index contributed by atoms with van der Waals surface area (Å²) < 4.78 is 0. The van der Waals surface area contributed by atoms with Crippen molar-refractivity contribution in [2.75, 3.05) is 13.2 Å². The lowest BCUT2D eigenvalue weighted by Gasteiger charge is -2.54. The fourth-order valence-corrected chi connectivity index (χ4v) is 3.70. The summed E-state index contributed by atoms with van der Waals surface area (Å²) in [7, 11) is 0. The van der Waals surface area contributed by atoms with Crippen molar-refractivity contribution in [1.82, 2.24) is 4.90 Å². The lowest BCUT2D eigenvalue weighted by atomic mass is 9.70. The number of aliphatic hydroxyl groups is 1. The number of fused-ring (bicyclic) bond motifs is 3. The van der Waals surface area contributed by atoms with E-state index in [-0.39, 0.29) is 22.8 Å². The van der Waals surface area contributed by atoms with E-state index in [1.165, 1.54) is 18.9 Å². The van der Waals surface area contributed by atoms with E-state index in [1.54, 1.807) is 12.1 Å². The van der Waals surface area contributed by atoms with Gasteiger partial charge in [-0.25, -0.2) is 0 Å². The van der Waals surface area contributed by atoms with E-state index >= 15 is 0 Å². The maximum atomic E-state index is 10.8. The van der Waals surface area contributed by atoms with Crippen LogP contribution in [0.1, 0.15) is 31.2 Å². The number of hydrogen-bond donors (Lipinski definition) is 1. The van der Waals surface area contributed by atoms with Crippen LogP contribution in [0.15, 0.2) is 24.3 Å². The van der Waals surface area contributed by atoms with Gasteiger partial charge in [0.15, 0.2) is 0 Å². The molecular formula is C15H20N2O3. The van der Waals surface area contributed by atoms with E-state index in [2.05, 4.69) is 4.90 Å². The first-order chi connectivity index (χ1) is 9.63. The quantitative estimate of drug-likeness (QED) is 0.677. The second kappa shape index (κ2) is 5.14. The van der Waals surface area contributed by atoms with Crippen LogP contribution >= 0.6 is 0 Å². The van der Waals surface area contributed by atoms with Gasteiger partial charge >= 0.3 is 0 Å². The van der Waals surface area contributed by atoms with Gasteiger partial charge in [0.05, 0.1) is 11.5 Å². The Labute approximate surface area is 118 Å². The fraction of sp³-hybridized carbons (Fsp3) is 0.600. The lowest BCUT2D eigenvalue weighted by molar-refractivity contribution is -0.384. The Morgan fingerprint density at radius 1 is 1.40 bits per heavy atom. The molecule has 0 atom stereocenters. The topological polar surface area (TPSA) is 66.6 Å². The number of nitro benzene ring substituents is 1. The number of aliphatic hydroxyl groups excluding tert-OH is 1. The average Bonchev–Trinajstić information content (AvgIpc) is 2.49. The third-order valence-corrected chi connectivity index (χ3v) is 4.97. The van der Waals surface area contributed by atoms with E-state index in [0.29, 0.717) is 6.54 Å². The van der Waals surface area contributed by atoms with Gasteiger partial charge in [0.25, 0.3) is 5.69 Å². The van der Waals surface area contributed by atoms with Gasteiger partial charge < -0.3 is 5.11 Å². The molecule has 108 valence electrons. The molecule has 1 aromatic carbocycles. The molecular weight excluding hydrogens is 256 g/mol. The maximum Gasteiger partial charge on any atom is 0.269 e. The molecule has 1 saturated carbocycles. The van der Waals surface area contributed by atoms with Crippen LogP contribution in [-0.2, 0) is 6.54 Å². The van der Waals surface area contributed by atoms with Crippen LogP contribution in [-0.4, -0.2) is 33.6 Å². The predicted molar refractivity (Wildman–Crippen MR) is 75.3 cm³/mol. The normalized spacial score (nSPS) is 29.6. The number of non-ortho nitro benzene ring substituents is 1. The summed E-state index contributed by atoms with van der Waals surface area (Å²) in [5.74, 6) is 0.724. The van der Waals surface area contributed by atoms with Gasteiger partial charge in [0, 0.05) is 30.8 Å². The van der Waals surface area contributed by atoms with Crippen molar-refractivity contribution in [1.29, 1.82) is 0 Å². The molecule has 5 heteroatoms. The molecule has 1 aliphatic carbocycles. The third-order valence-electron chi connectivity index (χ3n) is 4.97. The SMILES string of the molecule is O=[N+]([O-])c1cccc(CN2CC3CCC2(CO)CC3)c1. The van der Waals surface area contributed by atoms with Crippen molar-refractivity contribution in [3.05, 3.63) is 39.9 Å². The second-order valence-corrected chi connectivity index (χ2v) is 6.13. The van der Waals surface area contributed by atoms with Gasteiger partial charge in [0.1, 0.15) is 0 Å². The zero-order chi connectivity index (χ0) is 14.2. The van der Waals surface area contributed by atoms with Crippen LogP contribution in [0.5, 0.6) is 0 Å².